The topological polar surface area (TPSA) is 24.9 Å². The Bertz CT molecular complexity index is 617. The Kier molecular flexibility index (Phi) is 5.12. The summed E-state index contributed by atoms with van der Waals surface area (Å²) < 4.78 is 13.3. The fraction of sp³-hybridized carbons (Fsp3) is 0.471. The number of halogens is 1. The van der Waals surface area contributed by atoms with Gasteiger partial charge in [0.15, 0.2) is 0 Å². The summed E-state index contributed by atoms with van der Waals surface area (Å²) in [6, 6.07) is 5.35. The third kappa shape index (κ3) is 3.89. The van der Waals surface area contributed by atoms with Crippen LogP contribution in [-0.2, 0) is 6.54 Å². The summed E-state index contributed by atoms with van der Waals surface area (Å²) in [7, 11) is 0. The second-order valence-corrected chi connectivity index (χ2v) is 7.06. The van der Waals surface area contributed by atoms with Crippen molar-refractivity contribution in [3.8, 4) is 10.6 Å². The molecule has 0 aliphatic heterocycles. The molecule has 114 valence electrons. The zero-order valence-electron chi connectivity index (χ0n) is 13.3. The molecule has 0 aliphatic carbocycles. The molecule has 0 aliphatic rings. The van der Waals surface area contributed by atoms with E-state index in [4.69, 9.17) is 4.98 Å². The molecule has 0 saturated heterocycles. The Morgan fingerprint density at radius 2 is 1.95 bits per heavy atom. The van der Waals surface area contributed by atoms with Crippen LogP contribution in [0.3, 0.4) is 0 Å². The van der Waals surface area contributed by atoms with E-state index in [0.29, 0.717) is 12.0 Å². The van der Waals surface area contributed by atoms with Crippen molar-refractivity contribution in [3.63, 3.8) is 0 Å². The first kappa shape index (κ1) is 16.1. The highest BCUT2D eigenvalue weighted by molar-refractivity contribution is 7.15. The van der Waals surface area contributed by atoms with E-state index >= 15 is 0 Å². The van der Waals surface area contributed by atoms with Crippen molar-refractivity contribution in [2.24, 2.45) is 0 Å². The molecule has 0 spiro atoms. The molecule has 0 fully saturated rings. The summed E-state index contributed by atoms with van der Waals surface area (Å²) in [6.45, 7) is 11.4. The van der Waals surface area contributed by atoms with E-state index in [0.717, 1.165) is 28.4 Å². The average Bonchev–Trinajstić information content (AvgIpc) is 2.80. The second-order valence-electron chi connectivity index (χ2n) is 5.98. The molecule has 0 radical (unpaired) electrons. The molecule has 0 bridgehead atoms. The Hall–Kier alpha value is -1.26. The van der Waals surface area contributed by atoms with Gasteiger partial charge >= 0.3 is 0 Å². The zero-order chi connectivity index (χ0) is 15.6. The van der Waals surface area contributed by atoms with Crippen molar-refractivity contribution in [1.82, 2.24) is 10.3 Å². The van der Waals surface area contributed by atoms with Gasteiger partial charge in [0, 0.05) is 23.0 Å². The fourth-order valence-electron chi connectivity index (χ4n) is 2.22. The first-order chi connectivity index (χ1) is 9.88. The predicted molar refractivity (Wildman–Crippen MR) is 88.3 cm³/mol. The summed E-state index contributed by atoms with van der Waals surface area (Å²) in [6.07, 6.45) is 0. The van der Waals surface area contributed by atoms with Crippen molar-refractivity contribution in [2.75, 3.05) is 0 Å². The number of hydrogen-bond donors (Lipinski definition) is 1. The summed E-state index contributed by atoms with van der Waals surface area (Å²) in [4.78, 5) is 6.08. The Morgan fingerprint density at radius 1 is 1.24 bits per heavy atom. The van der Waals surface area contributed by atoms with Crippen molar-refractivity contribution >= 4 is 11.3 Å². The van der Waals surface area contributed by atoms with Crippen molar-refractivity contribution in [2.45, 2.75) is 53.1 Å². The van der Waals surface area contributed by atoms with E-state index in [1.165, 1.54) is 10.9 Å². The standard InChI is InChI=1S/C17H23FN2S/c1-10(2)16-15(9-19-11(3)4)21-17(20-16)14-7-6-13(18)8-12(14)5/h6-8,10-11,19H,9H2,1-5H3. The molecule has 0 saturated carbocycles. The van der Waals surface area contributed by atoms with Gasteiger partial charge in [-0.15, -0.1) is 11.3 Å². The van der Waals surface area contributed by atoms with E-state index < -0.39 is 0 Å². The molecule has 1 aromatic carbocycles. The van der Waals surface area contributed by atoms with Crippen LogP contribution in [0.4, 0.5) is 4.39 Å². The van der Waals surface area contributed by atoms with Gasteiger partial charge in [-0.25, -0.2) is 9.37 Å². The normalized spacial score (nSPS) is 11.6. The van der Waals surface area contributed by atoms with E-state index in [-0.39, 0.29) is 5.82 Å². The van der Waals surface area contributed by atoms with Crippen LogP contribution in [0.15, 0.2) is 18.2 Å². The summed E-state index contributed by atoms with van der Waals surface area (Å²) >= 11 is 1.71. The van der Waals surface area contributed by atoms with Crippen LogP contribution in [0.5, 0.6) is 0 Å². The Labute approximate surface area is 130 Å². The van der Waals surface area contributed by atoms with E-state index in [1.807, 2.05) is 13.0 Å². The molecular weight excluding hydrogens is 283 g/mol. The molecule has 1 heterocycles. The molecule has 0 unspecified atom stereocenters. The lowest BCUT2D eigenvalue weighted by Gasteiger charge is -2.09. The fourth-order valence-corrected chi connectivity index (χ4v) is 3.48. The minimum absolute atomic E-state index is 0.196. The molecule has 2 aromatic rings. The lowest BCUT2D eigenvalue weighted by atomic mass is 10.1. The minimum Gasteiger partial charge on any atom is -0.310 e. The smallest absolute Gasteiger partial charge is 0.124 e. The second kappa shape index (κ2) is 6.67. The number of nitrogens with zero attached hydrogens (tertiary/aromatic N) is 1. The summed E-state index contributed by atoms with van der Waals surface area (Å²) in [5, 5.41) is 4.44. The van der Waals surface area contributed by atoms with Crippen molar-refractivity contribution in [3.05, 3.63) is 40.2 Å². The zero-order valence-corrected chi connectivity index (χ0v) is 14.1. The Balaban J connectivity index is 2.38. The van der Waals surface area contributed by atoms with Gasteiger partial charge in [-0.2, -0.15) is 0 Å². The van der Waals surface area contributed by atoms with E-state index in [9.17, 15) is 4.39 Å². The number of aromatic nitrogens is 1. The Morgan fingerprint density at radius 3 is 2.52 bits per heavy atom. The number of hydrogen-bond acceptors (Lipinski definition) is 3. The molecule has 21 heavy (non-hydrogen) atoms. The highest BCUT2D eigenvalue weighted by Crippen LogP contribution is 2.33. The van der Waals surface area contributed by atoms with Crippen LogP contribution < -0.4 is 5.32 Å². The lowest BCUT2D eigenvalue weighted by Crippen LogP contribution is -2.22. The molecule has 2 nitrogen and oxygen atoms in total. The van der Waals surface area contributed by atoms with Crippen LogP contribution in [0.1, 0.15) is 49.7 Å². The van der Waals surface area contributed by atoms with E-state index in [1.54, 1.807) is 17.4 Å². The maximum absolute atomic E-state index is 13.3. The largest absolute Gasteiger partial charge is 0.310 e. The molecule has 0 amide bonds. The van der Waals surface area contributed by atoms with Gasteiger partial charge in [-0.3, -0.25) is 0 Å². The molecule has 4 heteroatoms. The number of aryl methyl sites for hydroxylation is 1. The monoisotopic (exact) mass is 306 g/mol. The van der Waals surface area contributed by atoms with Crippen LogP contribution in [0.2, 0.25) is 0 Å². The van der Waals surface area contributed by atoms with Gasteiger partial charge in [0.25, 0.3) is 0 Å². The molecule has 0 atom stereocenters. The maximum atomic E-state index is 13.3. The van der Waals surface area contributed by atoms with Gasteiger partial charge in [-0.1, -0.05) is 27.7 Å². The third-order valence-electron chi connectivity index (χ3n) is 3.36. The number of benzene rings is 1. The van der Waals surface area contributed by atoms with Gasteiger partial charge in [0.2, 0.25) is 0 Å². The summed E-state index contributed by atoms with van der Waals surface area (Å²) in [5.74, 6) is 0.193. The van der Waals surface area contributed by atoms with Gasteiger partial charge < -0.3 is 5.32 Å². The SMILES string of the molecule is Cc1cc(F)ccc1-c1nc(C(C)C)c(CNC(C)C)s1. The summed E-state index contributed by atoms with van der Waals surface area (Å²) in [5.41, 5.74) is 3.10. The van der Waals surface area contributed by atoms with Crippen LogP contribution >= 0.6 is 11.3 Å². The average molecular weight is 306 g/mol. The predicted octanol–water partition coefficient (Wildman–Crippen LogP) is 4.88. The highest BCUT2D eigenvalue weighted by atomic mass is 32.1. The van der Waals surface area contributed by atoms with Gasteiger partial charge in [-0.05, 0) is 36.6 Å². The molecular formula is C17H23FN2S. The lowest BCUT2D eigenvalue weighted by molar-refractivity contribution is 0.588. The molecule has 1 N–H and O–H groups in total. The quantitative estimate of drug-likeness (QED) is 0.851. The molecule has 2 rings (SSSR count). The first-order valence-electron chi connectivity index (χ1n) is 7.38. The highest BCUT2D eigenvalue weighted by Gasteiger charge is 2.16. The van der Waals surface area contributed by atoms with Crippen molar-refractivity contribution < 1.29 is 4.39 Å². The maximum Gasteiger partial charge on any atom is 0.124 e. The van der Waals surface area contributed by atoms with Crippen LogP contribution in [-0.4, -0.2) is 11.0 Å². The number of thiazole rings is 1. The first-order valence-corrected chi connectivity index (χ1v) is 8.19. The van der Waals surface area contributed by atoms with Gasteiger partial charge in [0.1, 0.15) is 10.8 Å². The number of nitrogens with one attached hydrogen (secondary N) is 1. The third-order valence-corrected chi connectivity index (χ3v) is 4.47. The van der Waals surface area contributed by atoms with Crippen LogP contribution in [0, 0.1) is 12.7 Å². The number of rotatable bonds is 5. The van der Waals surface area contributed by atoms with Gasteiger partial charge in [0.05, 0.1) is 5.69 Å². The molecule has 1 aromatic heterocycles. The van der Waals surface area contributed by atoms with Crippen LogP contribution in [0.25, 0.3) is 10.6 Å². The minimum atomic E-state index is -0.196. The van der Waals surface area contributed by atoms with Crippen molar-refractivity contribution in [1.29, 1.82) is 0 Å². The van der Waals surface area contributed by atoms with E-state index in [2.05, 4.69) is 33.0 Å².